The molecule has 0 radical (unpaired) electrons. The van der Waals surface area contributed by atoms with E-state index < -0.39 is 16.7 Å². The summed E-state index contributed by atoms with van der Waals surface area (Å²) in [5, 5.41) is 10.9. The third kappa shape index (κ3) is 5.07. The Morgan fingerprint density at radius 3 is 2.44 bits per heavy atom. The summed E-state index contributed by atoms with van der Waals surface area (Å²) in [6.07, 6.45) is 0. The van der Waals surface area contributed by atoms with E-state index >= 15 is 0 Å². The van der Waals surface area contributed by atoms with Gasteiger partial charge in [0.15, 0.2) is 6.61 Å². The predicted octanol–water partition coefficient (Wildman–Crippen LogP) is 2.74. The molecule has 0 saturated carbocycles. The summed E-state index contributed by atoms with van der Waals surface area (Å²) in [6, 6.07) is 9.95. The van der Waals surface area contributed by atoms with Crippen LogP contribution in [-0.4, -0.2) is 23.3 Å². The van der Waals surface area contributed by atoms with Crippen LogP contribution in [-0.2, 0) is 4.79 Å². The van der Waals surface area contributed by atoms with Gasteiger partial charge in [0.1, 0.15) is 5.75 Å². The molecule has 130 valence electrons. The van der Waals surface area contributed by atoms with Crippen molar-refractivity contribution in [2.45, 2.75) is 0 Å². The Hall–Kier alpha value is -2.84. The topological polar surface area (TPSA) is 111 Å². The molecule has 10 heteroatoms. The Kier molecular flexibility index (Phi) is 6.15. The highest BCUT2D eigenvalue weighted by Gasteiger charge is 2.15. The monoisotopic (exact) mass is 383 g/mol. The molecular weight excluding hydrogens is 373 g/mol. The minimum Gasteiger partial charge on any atom is -0.482 e. The van der Waals surface area contributed by atoms with Gasteiger partial charge >= 0.3 is 0 Å². The predicted molar refractivity (Wildman–Crippen MR) is 90.7 cm³/mol. The van der Waals surface area contributed by atoms with Crippen LogP contribution in [0.15, 0.2) is 42.5 Å². The molecule has 2 rings (SSSR count). The number of ether oxygens (including phenoxy) is 1. The number of amides is 2. The normalized spacial score (nSPS) is 10.0. The quantitative estimate of drug-likeness (QED) is 0.608. The molecule has 0 fully saturated rings. The maximum absolute atomic E-state index is 11.9. The van der Waals surface area contributed by atoms with E-state index in [-0.39, 0.29) is 22.9 Å². The molecule has 8 nitrogen and oxygen atoms in total. The molecule has 0 spiro atoms. The number of hydrogen-bond acceptors (Lipinski definition) is 5. The van der Waals surface area contributed by atoms with Gasteiger partial charge in [0, 0.05) is 12.1 Å². The Morgan fingerprint density at radius 2 is 1.80 bits per heavy atom. The van der Waals surface area contributed by atoms with Crippen LogP contribution in [0, 0.1) is 10.1 Å². The SMILES string of the molecule is O=C(COc1ccccc1Cl)NNC(=O)c1ccc([N+](=O)[O-])cc1Cl. The summed E-state index contributed by atoms with van der Waals surface area (Å²) >= 11 is 11.7. The number of halogens is 2. The third-order valence-electron chi connectivity index (χ3n) is 2.92. The lowest BCUT2D eigenvalue weighted by atomic mass is 10.2. The molecule has 2 aromatic rings. The number of nitrogens with one attached hydrogen (secondary N) is 2. The molecule has 0 bridgehead atoms. The smallest absolute Gasteiger partial charge is 0.276 e. The summed E-state index contributed by atoms with van der Waals surface area (Å²) in [6.45, 7) is -0.377. The molecule has 0 aliphatic carbocycles. The highest BCUT2D eigenvalue weighted by atomic mass is 35.5. The number of non-ortho nitro benzene ring substituents is 1. The zero-order chi connectivity index (χ0) is 18.4. The Bertz CT molecular complexity index is 829. The molecular formula is C15H11Cl2N3O5. The summed E-state index contributed by atoms with van der Waals surface area (Å²) in [4.78, 5) is 33.6. The molecule has 0 aliphatic heterocycles. The van der Waals surface area contributed by atoms with Crippen LogP contribution in [0.4, 0.5) is 5.69 Å². The first-order chi connectivity index (χ1) is 11.9. The fraction of sp³-hybridized carbons (Fsp3) is 0.0667. The van der Waals surface area contributed by atoms with Crippen molar-refractivity contribution in [3.63, 3.8) is 0 Å². The molecule has 25 heavy (non-hydrogen) atoms. The highest BCUT2D eigenvalue weighted by molar-refractivity contribution is 6.34. The minimum absolute atomic E-state index is 0.0282. The highest BCUT2D eigenvalue weighted by Crippen LogP contribution is 2.23. The number of carbonyl (C=O) groups is 2. The van der Waals surface area contributed by atoms with Gasteiger partial charge in [0.2, 0.25) is 0 Å². The first-order valence-corrected chi connectivity index (χ1v) is 7.54. The lowest BCUT2D eigenvalue weighted by Gasteiger charge is -2.10. The van der Waals surface area contributed by atoms with E-state index in [1.165, 1.54) is 6.07 Å². The first kappa shape index (κ1) is 18.5. The van der Waals surface area contributed by atoms with Crippen LogP contribution in [0.1, 0.15) is 10.4 Å². The molecule has 2 N–H and O–H groups in total. The van der Waals surface area contributed by atoms with Gasteiger partial charge in [-0.05, 0) is 18.2 Å². The van der Waals surface area contributed by atoms with Crippen molar-refractivity contribution in [2.24, 2.45) is 0 Å². The summed E-state index contributed by atoms with van der Waals surface area (Å²) in [5.41, 5.74) is 3.99. The lowest BCUT2D eigenvalue weighted by Crippen LogP contribution is -2.43. The van der Waals surface area contributed by atoms with Gasteiger partial charge in [0.25, 0.3) is 17.5 Å². The molecule has 0 unspecified atom stereocenters. The van der Waals surface area contributed by atoms with Crippen molar-refractivity contribution in [1.29, 1.82) is 0 Å². The van der Waals surface area contributed by atoms with Gasteiger partial charge in [-0.3, -0.25) is 30.6 Å². The molecule has 0 aromatic heterocycles. The van der Waals surface area contributed by atoms with E-state index in [1.807, 2.05) is 0 Å². The van der Waals surface area contributed by atoms with Crippen molar-refractivity contribution in [2.75, 3.05) is 6.61 Å². The fourth-order valence-electron chi connectivity index (χ4n) is 1.74. The number of rotatable bonds is 5. The van der Waals surface area contributed by atoms with Crippen molar-refractivity contribution >= 4 is 40.7 Å². The standard InChI is InChI=1S/C15H11Cl2N3O5/c16-11-3-1-2-4-13(11)25-8-14(21)18-19-15(22)10-6-5-9(20(23)24)7-12(10)17/h1-7H,8H2,(H,18,21)(H,19,22). The second kappa shape index (κ2) is 8.32. The number of hydrogen-bond donors (Lipinski definition) is 2. The van der Waals surface area contributed by atoms with Crippen LogP contribution in [0.2, 0.25) is 10.0 Å². The van der Waals surface area contributed by atoms with Crippen LogP contribution < -0.4 is 15.6 Å². The Balaban J connectivity index is 1.88. The Morgan fingerprint density at radius 1 is 1.08 bits per heavy atom. The van der Waals surface area contributed by atoms with Gasteiger partial charge in [-0.15, -0.1) is 0 Å². The second-order valence-electron chi connectivity index (χ2n) is 4.64. The van der Waals surface area contributed by atoms with E-state index in [0.29, 0.717) is 10.8 Å². The average Bonchev–Trinajstić information content (AvgIpc) is 2.58. The van der Waals surface area contributed by atoms with Crippen molar-refractivity contribution < 1.29 is 19.2 Å². The second-order valence-corrected chi connectivity index (χ2v) is 5.46. The van der Waals surface area contributed by atoms with Crippen LogP contribution in [0.5, 0.6) is 5.75 Å². The van der Waals surface area contributed by atoms with Gasteiger partial charge in [0.05, 0.1) is 20.5 Å². The fourth-order valence-corrected chi connectivity index (χ4v) is 2.19. The summed E-state index contributed by atoms with van der Waals surface area (Å²) in [7, 11) is 0. The van der Waals surface area contributed by atoms with Crippen LogP contribution >= 0.6 is 23.2 Å². The summed E-state index contributed by atoms with van der Waals surface area (Å²) in [5.74, 6) is -1.04. The third-order valence-corrected chi connectivity index (χ3v) is 3.54. The molecule has 0 aliphatic rings. The van der Waals surface area contributed by atoms with E-state index in [1.54, 1.807) is 24.3 Å². The van der Waals surface area contributed by atoms with Crippen molar-refractivity contribution in [3.05, 3.63) is 68.2 Å². The van der Waals surface area contributed by atoms with E-state index in [9.17, 15) is 19.7 Å². The van der Waals surface area contributed by atoms with E-state index in [0.717, 1.165) is 12.1 Å². The first-order valence-electron chi connectivity index (χ1n) is 6.79. The van der Waals surface area contributed by atoms with E-state index in [2.05, 4.69) is 10.9 Å². The minimum atomic E-state index is -0.731. The van der Waals surface area contributed by atoms with Gasteiger partial charge in [-0.1, -0.05) is 35.3 Å². The number of nitro benzene ring substituents is 1. The van der Waals surface area contributed by atoms with Crippen LogP contribution in [0.3, 0.4) is 0 Å². The molecule has 0 heterocycles. The maximum Gasteiger partial charge on any atom is 0.276 e. The number of benzene rings is 2. The molecule has 2 aromatic carbocycles. The lowest BCUT2D eigenvalue weighted by molar-refractivity contribution is -0.384. The maximum atomic E-state index is 11.9. The van der Waals surface area contributed by atoms with Crippen molar-refractivity contribution in [1.82, 2.24) is 10.9 Å². The number of hydrazine groups is 1. The largest absolute Gasteiger partial charge is 0.482 e. The summed E-state index contributed by atoms with van der Waals surface area (Å²) < 4.78 is 5.21. The Labute approximate surface area is 151 Å². The average molecular weight is 384 g/mol. The van der Waals surface area contributed by atoms with Gasteiger partial charge < -0.3 is 4.74 Å². The number of nitro groups is 1. The molecule has 0 saturated heterocycles. The number of para-hydroxylation sites is 1. The zero-order valence-corrected chi connectivity index (χ0v) is 14.0. The zero-order valence-electron chi connectivity index (χ0n) is 12.5. The molecule has 0 atom stereocenters. The number of carbonyl (C=O) groups excluding carboxylic acids is 2. The molecule has 2 amide bonds. The van der Waals surface area contributed by atoms with E-state index in [4.69, 9.17) is 27.9 Å². The van der Waals surface area contributed by atoms with Crippen LogP contribution in [0.25, 0.3) is 0 Å². The van der Waals surface area contributed by atoms with Gasteiger partial charge in [-0.25, -0.2) is 0 Å². The van der Waals surface area contributed by atoms with Gasteiger partial charge in [-0.2, -0.15) is 0 Å². The number of nitrogens with zero attached hydrogens (tertiary/aromatic N) is 1. The van der Waals surface area contributed by atoms with Crippen molar-refractivity contribution in [3.8, 4) is 5.75 Å².